The molecule has 92 valence electrons. The fraction of sp³-hybridized carbons (Fsp3) is 0.818. The zero-order valence-corrected chi connectivity index (χ0v) is 10.2. The summed E-state index contributed by atoms with van der Waals surface area (Å²) in [6, 6.07) is 0. The van der Waals surface area contributed by atoms with Gasteiger partial charge in [0.15, 0.2) is 0 Å². The van der Waals surface area contributed by atoms with Crippen molar-refractivity contribution in [2.75, 3.05) is 32.8 Å². The van der Waals surface area contributed by atoms with E-state index in [-0.39, 0.29) is 5.91 Å². The minimum absolute atomic E-state index is 0.146. The van der Waals surface area contributed by atoms with Crippen LogP contribution in [0.1, 0.15) is 20.8 Å². The van der Waals surface area contributed by atoms with Crippen molar-refractivity contribution in [1.29, 1.82) is 0 Å². The molecule has 0 atom stereocenters. The van der Waals surface area contributed by atoms with Gasteiger partial charge in [-0.2, -0.15) is 0 Å². The summed E-state index contributed by atoms with van der Waals surface area (Å²) in [4.78, 5) is 25.5. The molecule has 0 radical (unpaired) electrons. The summed E-state index contributed by atoms with van der Waals surface area (Å²) in [5, 5.41) is 3.17. The summed E-state index contributed by atoms with van der Waals surface area (Å²) in [6.45, 7) is 8.16. The van der Waals surface area contributed by atoms with Gasteiger partial charge in [0, 0.05) is 26.2 Å². The summed E-state index contributed by atoms with van der Waals surface area (Å²) in [6.07, 6.45) is 0. The van der Waals surface area contributed by atoms with Gasteiger partial charge in [-0.3, -0.25) is 9.59 Å². The molecule has 1 amide bonds. The highest BCUT2D eigenvalue weighted by Crippen LogP contribution is 2.21. The van der Waals surface area contributed by atoms with Gasteiger partial charge in [0.2, 0.25) is 5.91 Å². The lowest BCUT2D eigenvalue weighted by Crippen LogP contribution is -2.52. The Morgan fingerprint density at radius 1 is 1.31 bits per heavy atom. The van der Waals surface area contributed by atoms with Crippen LogP contribution >= 0.6 is 0 Å². The van der Waals surface area contributed by atoms with Crippen molar-refractivity contribution in [3.05, 3.63) is 0 Å². The zero-order chi connectivity index (χ0) is 12.2. The van der Waals surface area contributed by atoms with E-state index >= 15 is 0 Å². The molecule has 5 heteroatoms. The minimum Gasteiger partial charge on any atom is -0.465 e. The summed E-state index contributed by atoms with van der Waals surface area (Å²) in [7, 11) is 0. The molecule has 1 saturated heterocycles. The molecule has 0 spiro atoms. The van der Waals surface area contributed by atoms with Crippen LogP contribution in [0.25, 0.3) is 0 Å². The lowest BCUT2D eigenvalue weighted by Gasteiger charge is -2.33. The van der Waals surface area contributed by atoms with Gasteiger partial charge in [0.05, 0.1) is 6.61 Å². The molecule has 0 unspecified atom stereocenters. The van der Waals surface area contributed by atoms with E-state index in [2.05, 4.69) is 5.32 Å². The van der Waals surface area contributed by atoms with Crippen LogP contribution in [0.5, 0.6) is 0 Å². The van der Waals surface area contributed by atoms with Gasteiger partial charge in [-0.05, 0) is 20.8 Å². The fourth-order valence-electron chi connectivity index (χ4n) is 1.66. The third kappa shape index (κ3) is 2.72. The molecule has 1 heterocycles. The third-order valence-electron chi connectivity index (χ3n) is 2.72. The van der Waals surface area contributed by atoms with Crippen molar-refractivity contribution in [2.24, 2.45) is 5.41 Å². The number of amides is 1. The Morgan fingerprint density at radius 3 is 2.38 bits per heavy atom. The van der Waals surface area contributed by atoms with Crippen LogP contribution < -0.4 is 5.32 Å². The average Bonchev–Trinajstić information content (AvgIpc) is 2.29. The Bertz CT molecular complexity index is 270. The predicted octanol–water partition coefficient (Wildman–Crippen LogP) is 0.00750. The molecule has 1 N–H and O–H groups in total. The molecular weight excluding hydrogens is 208 g/mol. The summed E-state index contributed by atoms with van der Waals surface area (Å²) >= 11 is 0. The standard InChI is InChI=1S/C11H20N2O3/c1-4-16-10(15)11(2,3)9(14)13-7-5-12-6-8-13/h12H,4-8H2,1-3H3. The number of carbonyl (C=O) groups is 2. The molecule has 1 fully saturated rings. The van der Waals surface area contributed by atoms with E-state index in [1.165, 1.54) is 0 Å². The number of nitrogens with zero attached hydrogens (tertiary/aromatic N) is 1. The van der Waals surface area contributed by atoms with E-state index in [9.17, 15) is 9.59 Å². The Morgan fingerprint density at radius 2 is 1.88 bits per heavy atom. The minimum atomic E-state index is -1.08. The monoisotopic (exact) mass is 228 g/mol. The smallest absolute Gasteiger partial charge is 0.321 e. The SMILES string of the molecule is CCOC(=O)C(C)(C)C(=O)N1CCNCC1. The quantitative estimate of drug-likeness (QED) is 0.546. The second kappa shape index (κ2) is 5.30. The van der Waals surface area contributed by atoms with Crippen molar-refractivity contribution in [3.63, 3.8) is 0 Å². The van der Waals surface area contributed by atoms with Crippen LogP contribution in [0.4, 0.5) is 0 Å². The number of carbonyl (C=O) groups excluding carboxylic acids is 2. The third-order valence-corrected chi connectivity index (χ3v) is 2.72. The van der Waals surface area contributed by atoms with Crippen molar-refractivity contribution in [2.45, 2.75) is 20.8 Å². The first-order chi connectivity index (χ1) is 7.50. The molecule has 0 aliphatic carbocycles. The van der Waals surface area contributed by atoms with E-state index in [1.807, 2.05) is 0 Å². The maximum Gasteiger partial charge on any atom is 0.321 e. The lowest BCUT2D eigenvalue weighted by atomic mass is 9.91. The van der Waals surface area contributed by atoms with Crippen LogP contribution in [0.3, 0.4) is 0 Å². The summed E-state index contributed by atoms with van der Waals surface area (Å²) in [5.74, 6) is -0.592. The highest BCUT2D eigenvalue weighted by atomic mass is 16.5. The Hall–Kier alpha value is -1.10. The van der Waals surface area contributed by atoms with Crippen LogP contribution in [-0.4, -0.2) is 49.6 Å². The number of nitrogens with one attached hydrogen (secondary N) is 1. The maximum atomic E-state index is 12.1. The molecule has 1 aliphatic heterocycles. The lowest BCUT2D eigenvalue weighted by molar-refractivity contribution is -0.162. The summed E-state index contributed by atoms with van der Waals surface area (Å²) in [5.41, 5.74) is -1.08. The second-order valence-corrected chi connectivity index (χ2v) is 4.39. The Balaban J connectivity index is 2.66. The second-order valence-electron chi connectivity index (χ2n) is 4.39. The Kier molecular flexibility index (Phi) is 4.29. The zero-order valence-electron chi connectivity index (χ0n) is 10.2. The van der Waals surface area contributed by atoms with Gasteiger partial charge in [0.1, 0.15) is 5.41 Å². The molecule has 0 aromatic rings. The van der Waals surface area contributed by atoms with Crippen LogP contribution in [0, 0.1) is 5.41 Å². The first-order valence-electron chi connectivity index (χ1n) is 5.67. The highest BCUT2D eigenvalue weighted by molar-refractivity contribution is 6.01. The number of piperazine rings is 1. The van der Waals surface area contributed by atoms with Crippen molar-refractivity contribution in [1.82, 2.24) is 10.2 Å². The van der Waals surface area contributed by atoms with Crippen LogP contribution in [-0.2, 0) is 14.3 Å². The molecule has 5 nitrogen and oxygen atoms in total. The average molecular weight is 228 g/mol. The van der Waals surface area contributed by atoms with E-state index in [1.54, 1.807) is 25.7 Å². The number of hydrogen-bond acceptors (Lipinski definition) is 4. The highest BCUT2D eigenvalue weighted by Gasteiger charge is 2.40. The molecule has 0 aromatic heterocycles. The first kappa shape index (κ1) is 13.0. The van der Waals surface area contributed by atoms with Crippen LogP contribution in [0.2, 0.25) is 0 Å². The number of esters is 1. The van der Waals surface area contributed by atoms with Gasteiger partial charge in [0.25, 0.3) is 0 Å². The fourth-order valence-corrected chi connectivity index (χ4v) is 1.66. The molecular formula is C11H20N2O3. The Labute approximate surface area is 96.1 Å². The molecule has 0 aromatic carbocycles. The van der Waals surface area contributed by atoms with Crippen LogP contribution in [0.15, 0.2) is 0 Å². The van der Waals surface area contributed by atoms with E-state index in [0.717, 1.165) is 13.1 Å². The largest absolute Gasteiger partial charge is 0.465 e. The van der Waals surface area contributed by atoms with Gasteiger partial charge in [-0.1, -0.05) is 0 Å². The summed E-state index contributed by atoms with van der Waals surface area (Å²) < 4.78 is 4.92. The number of hydrogen-bond donors (Lipinski definition) is 1. The topological polar surface area (TPSA) is 58.6 Å². The number of rotatable bonds is 3. The van der Waals surface area contributed by atoms with Gasteiger partial charge in [-0.15, -0.1) is 0 Å². The molecule has 0 saturated carbocycles. The molecule has 1 aliphatic rings. The van der Waals surface area contributed by atoms with Gasteiger partial charge in [-0.25, -0.2) is 0 Å². The van der Waals surface area contributed by atoms with Gasteiger partial charge < -0.3 is 15.0 Å². The van der Waals surface area contributed by atoms with Crippen molar-refractivity contribution < 1.29 is 14.3 Å². The van der Waals surface area contributed by atoms with E-state index in [0.29, 0.717) is 19.7 Å². The van der Waals surface area contributed by atoms with Crippen molar-refractivity contribution >= 4 is 11.9 Å². The normalized spacial score (nSPS) is 17.1. The maximum absolute atomic E-state index is 12.1. The van der Waals surface area contributed by atoms with E-state index in [4.69, 9.17) is 4.74 Å². The van der Waals surface area contributed by atoms with Gasteiger partial charge >= 0.3 is 5.97 Å². The predicted molar refractivity (Wildman–Crippen MR) is 59.9 cm³/mol. The van der Waals surface area contributed by atoms with Crippen molar-refractivity contribution in [3.8, 4) is 0 Å². The molecule has 1 rings (SSSR count). The molecule has 16 heavy (non-hydrogen) atoms. The molecule has 0 bridgehead atoms. The number of ether oxygens (including phenoxy) is 1. The van der Waals surface area contributed by atoms with E-state index < -0.39 is 11.4 Å². The first-order valence-corrected chi connectivity index (χ1v) is 5.67.